The van der Waals surface area contributed by atoms with Gasteiger partial charge in [0.25, 0.3) is 5.91 Å². The van der Waals surface area contributed by atoms with E-state index in [2.05, 4.69) is 32.6 Å². The number of rotatable bonds is 4. The molecule has 1 unspecified atom stereocenters. The number of fused-ring (bicyclic) bond motifs is 2. The fourth-order valence-electron chi connectivity index (χ4n) is 5.20. The van der Waals surface area contributed by atoms with Crippen LogP contribution >= 0.6 is 11.3 Å². The van der Waals surface area contributed by atoms with Gasteiger partial charge in [-0.05, 0) is 50.8 Å². The number of benzene rings is 1. The van der Waals surface area contributed by atoms with Crippen LogP contribution in [0.2, 0.25) is 0 Å². The second kappa shape index (κ2) is 8.33. The van der Waals surface area contributed by atoms with E-state index in [1.165, 1.54) is 6.42 Å². The molecule has 2 fully saturated rings. The number of piperidine rings is 2. The molecule has 1 amide bonds. The summed E-state index contributed by atoms with van der Waals surface area (Å²) in [5, 5.41) is 2.05. The van der Waals surface area contributed by atoms with Crippen LogP contribution in [0.15, 0.2) is 35.8 Å². The first-order valence-corrected chi connectivity index (χ1v) is 12.5. The Balaban J connectivity index is 1.25. The molecule has 1 atom stereocenters. The van der Waals surface area contributed by atoms with Crippen molar-refractivity contribution in [2.45, 2.75) is 44.6 Å². The average molecular weight is 449 g/mol. The van der Waals surface area contributed by atoms with E-state index in [9.17, 15) is 4.79 Å². The van der Waals surface area contributed by atoms with Gasteiger partial charge >= 0.3 is 0 Å². The van der Waals surface area contributed by atoms with E-state index in [4.69, 9.17) is 9.97 Å². The van der Waals surface area contributed by atoms with E-state index in [1.54, 1.807) is 11.3 Å². The summed E-state index contributed by atoms with van der Waals surface area (Å²) >= 11 is 1.60. The fraction of sp³-hybridized carbons (Fsp3) is 0.458. The zero-order valence-corrected chi connectivity index (χ0v) is 19.0. The van der Waals surface area contributed by atoms with Gasteiger partial charge in [0.05, 0.1) is 16.7 Å². The van der Waals surface area contributed by atoms with Crippen molar-refractivity contribution < 1.29 is 4.79 Å². The van der Waals surface area contributed by atoms with Crippen LogP contribution in [0.25, 0.3) is 16.0 Å². The van der Waals surface area contributed by atoms with Crippen LogP contribution in [-0.2, 0) is 6.54 Å². The Kier molecular flexibility index (Phi) is 5.19. The van der Waals surface area contributed by atoms with E-state index in [0.717, 1.165) is 85.9 Å². The van der Waals surface area contributed by atoms with Gasteiger partial charge in [-0.1, -0.05) is 12.1 Å². The highest BCUT2D eigenvalue weighted by atomic mass is 32.1. The molecule has 8 heteroatoms. The van der Waals surface area contributed by atoms with E-state index in [-0.39, 0.29) is 5.91 Å². The van der Waals surface area contributed by atoms with Crippen molar-refractivity contribution in [2.24, 2.45) is 0 Å². The molecule has 7 nitrogen and oxygen atoms in total. The molecule has 0 saturated carbocycles. The molecule has 1 N–H and O–H groups in total. The maximum atomic E-state index is 13.3. The number of thiazole rings is 1. The highest BCUT2D eigenvalue weighted by Crippen LogP contribution is 2.29. The first-order valence-electron chi connectivity index (χ1n) is 11.7. The molecular formula is C24H28N6OS. The van der Waals surface area contributed by atoms with Crippen molar-refractivity contribution in [3.63, 3.8) is 0 Å². The molecule has 6 rings (SSSR count). The first kappa shape index (κ1) is 19.9. The molecule has 1 aromatic carbocycles. The van der Waals surface area contributed by atoms with Crippen molar-refractivity contribution in [1.82, 2.24) is 29.2 Å². The minimum Gasteiger partial charge on any atom is -0.342 e. The molecule has 4 aromatic rings. The van der Waals surface area contributed by atoms with Crippen molar-refractivity contribution in [3.8, 4) is 0 Å². The van der Waals surface area contributed by atoms with Crippen molar-refractivity contribution in [2.75, 3.05) is 26.2 Å². The summed E-state index contributed by atoms with van der Waals surface area (Å²) in [5.74, 6) is 1.55. The standard InChI is InChI=1S/C24H28N6OS/c31-23(29-11-4-1-5-12-29)21-20(30-13-14-32-24(30)27-21)16-28-10-6-7-17(15-28)22-25-18-8-2-3-9-19(18)26-22/h2-3,8-9,13-14,17H,1,4-7,10-12,15-16H2,(H,25,26). The summed E-state index contributed by atoms with van der Waals surface area (Å²) in [6.45, 7) is 4.41. The number of amides is 1. The zero-order valence-electron chi connectivity index (χ0n) is 18.2. The van der Waals surface area contributed by atoms with Gasteiger partial charge in [0, 0.05) is 43.7 Å². The third-order valence-electron chi connectivity index (χ3n) is 6.88. The number of imidazole rings is 2. The number of carbonyl (C=O) groups excluding carboxylic acids is 1. The van der Waals surface area contributed by atoms with Gasteiger partial charge in [-0.2, -0.15) is 0 Å². The molecule has 2 aliphatic heterocycles. The van der Waals surface area contributed by atoms with Crippen molar-refractivity contribution in [1.29, 1.82) is 0 Å². The summed E-state index contributed by atoms with van der Waals surface area (Å²) in [6.07, 6.45) is 7.71. The number of H-pyrrole nitrogens is 1. The summed E-state index contributed by atoms with van der Waals surface area (Å²) in [5.41, 5.74) is 3.81. The van der Waals surface area contributed by atoms with Crippen molar-refractivity contribution >= 4 is 33.2 Å². The van der Waals surface area contributed by atoms with Crippen LogP contribution in [0.1, 0.15) is 60.0 Å². The van der Waals surface area contributed by atoms with E-state index < -0.39 is 0 Å². The Morgan fingerprint density at radius 2 is 1.97 bits per heavy atom. The minimum atomic E-state index is 0.0986. The minimum absolute atomic E-state index is 0.0986. The molecular weight excluding hydrogens is 420 g/mol. The second-order valence-electron chi connectivity index (χ2n) is 9.03. The maximum absolute atomic E-state index is 13.3. The Bertz CT molecular complexity index is 1220. The fourth-order valence-corrected chi connectivity index (χ4v) is 5.93. The summed E-state index contributed by atoms with van der Waals surface area (Å²) in [4.78, 5) is 31.9. The quantitative estimate of drug-likeness (QED) is 0.506. The number of hydrogen-bond donors (Lipinski definition) is 1. The molecule has 32 heavy (non-hydrogen) atoms. The molecule has 2 aliphatic rings. The van der Waals surface area contributed by atoms with Gasteiger partial charge in [0.1, 0.15) is 5.82 Å². The monoisotopic (exact) mass is 448 g/mol. The van der Waals surface area contributed by atoms with Gasteiger partial charge in [0.2, 0.25) is 0 Å². The Hall–Kier alpha value is -2.71. The Morgan fingerprint density at radius 1 is 1.09 bits per heavy atom. The van der Waals surface area contributed by atoms with Gasteiger partial charge in [-0.3, -0.25) is 14.1 Å². The van der Waals surface area contributed by atoms with Crippen LogP contribution in [0.3, 0.4) is 0 Å². The normalized spacial score (nSPS) is 20.4. The SMILES string of the molecule is O=C(c1nc2sccn2c1CN1CCCC(c2nc3ccccc3[nH]2)C1)N1CCCCC1. The number of aromatic nitrogens is 4. The molecule has 0 aliphatic carbocycles. The molecule has 0 radical (unpaired) electrons. The number of hydrogen-bond acceptors (Lipinski definition) is 5. The molecule has 0 spiro atoms. The van der Waals surface area contributed by atoms with Crippen LogP contribution in [-0.4, -0.2) is 61.2 Å². The van der Waals surface area contributed by atoms with Crippen LogP contribution in [0.4, 0.5) is 0 Å². The summed E-state index contributed by atoms with van der Waals surface area (Å²) in [7, 11) is 0. The zero-order chi connectivity index (χ0) is 21.5. The molecule has 5 heterocycles. The van der Waals surface area contributed by atoms with E-state index in [0.29, 0.717) is 11.6 Å². The lowest BCUT2D eigenvalue weighted by Crippen LogP contribution is -2.38. The Morgan fingerprint density at radius 3 is 2.84 bits per heavy atom. The van der Waals surface area contributed by atoms with Gasteiger partial charge in [-0.15, -0.1) is 11.3 Å². The highest BCUT2D eigenvalue weighted by Gasteiger charge is 2.29. The van der Waals surface area contributed by atoms with Crippen LogP contribution in [0.5, 0.6) is 0 Å². The lowest BCUT2D eigenvalue weighted by Gasteiger charge is -2.32. The largest absolute Gasteiger partial charge is 0.342 e. The average Bonchev–Trinajstić information content (AvgIpc) is 3.55. The Labute approximate surface area is 191 Å². The smallest absolute Gasteiger partial charge is 0.274 e. The van der Waals surface area contributed by atoms with E-state index >= 15 is 0 Å². The molecule has 2 saturated heterocycles. The number of carbonyl (C=O) groups is 1. The molecule has 3 aromatic heterocycles. The topological polar surface area (TPSA) is 69.5 Å². The lowest BCUT2D eigenvalue weighted by molar-refractivity contribution is 0.0716. The van der Waals surface area contributed by atoms with Crippen LogP contribution in [0, 0.1) is 0 Å². The third-order valence-corrected chi connectivity index (χ3v) is 7.64. The van der Waals surface area contributed by atoms with Crippen LogP contribution < -0.4 is 0 Å². The molecule has 166 valence electrons. The van der Waals surface area contributed by atoms with Gasteiger partial charge in [-0.25, -0.2) is 9.97 Å². The number of aromatic amines is 1. The number of nitrogens with one attached hydrogen (secondary N) is 1. The van der Waals surface area contributed by atoms with Gasteiger partial charge in [0.15, 0.2) is 10.7 Å². The first-order chi connectivity index (χ1) is 15.8. The number of para-hydroxylation sites is 2. The summed E-state index contributed by atoms with van der Waals surface area (Å²) < 4.78 is 2.12. The van der Waals surface area contributed by atoms with E-state index in [1.807, 2.05) is 22.4 Å². The van der Waals surface area contributed by atoms with Gasteiger partial charge < -0.3 is 9.88 Å². The summed E-state index contributed by atoms with van der Waals surface area (Å²) in [6, 6.07) is 8.23. The predicted octanol–water partition coefficient (Wildman–Crippen LogP) is 4.28. The predicted molar refractivity (Wildman–Crippen MR) is 126 cm³/mol. The van der Waals surface area contributed by atoms with Crippen molar-refractivity contribution in [3.05, 3.63) is 53.1 Å². The highest BCUT2D eigenvalue weighted by molar-refractivity contribution is 7.15. The second-order valence-corrected chi connectivity index (χ2v) is 9.90. The number of nitrogens with zero attached hydrogens (tertiary/aromatic N) is 5. The third kappa shape index (κ3) is 3.61. The maximum Gasteiger partial charge on any atom is 0.274 e. The molecule has 0 bridgehead atoms. The number of likely N-dealkylation sites (tertiary alicyclic amines) is 2. The lowest BCUT2D eigenvalue weighted by atomic mass is 9.97.